The van der Waals surface area contributed by atoms with E-state index in [2.05, 4.69) is 28.2 Å². The summed E-state index contributed by atoms with van der Waals surface area (Å²) >= 11 is 3.76. The van der Waals surface area contributed by atoms with E-state index in [1.54, 1.807) is 14.2 Å². The summed E-state index contributed by atoms with van der Waals surface area (Å²) < 4.78 is 22.4. The molecule has 0 radical (unpaired) electrons. The van der Waals surface area contributed by atoms with Crippen LogP contribution in [-0.4, -0.2) is 84.2 Å². The van der Waals surface area contributed by atoms with E-state index < -0.39 is 6.04 Å². The van der Waals surface area contributed by atoms with E-state index in [4.69, 9.17) is 18.9 Å². The largest absolute Gasteiger partial charge is 0.382 e. The molecule has 0 spiro atoms. The van der Waals surface area contributed by atoms with Crippen LogP contribution in [0.1, 0.15) is 32.1 Å². The van der Waals surface area contributed by atoms with Crippen LogP contribution >= 0.6 is 12.8 Å². The van der Waals surface area contributed by atoms with Gasteiger partial charge in [-0.2, -0.15) is 0 Å². The molecule has 29 heavy (non-hydrogen) atoms. The maximum atomic E-state index is 11.9. The Kier molecular flexibility index (Phi) is 18.9. The van der Waals surface area contributed by atoms with Gasteiger partial charge in [-0.1, -0.05) is 12.8 Å². The molecule has 170 valence electrons. The summed E-state index contributed by atoms with van der Waals surface area (Å²) in [7, 11) is 3.16. The Balaban J connectivity index is 3.93. The van der Waals surface area contributed by atoms with Gasteiger partial charge >= 0.3 is 0 Å². The third-order valence-corrected chi connectivity index (χ3v) is 4.03. The third kappa shape index (κ3) is 17.2. The molecule has 0 rings (SSSR count). The molecular weight excluding hydrogens is 402 g/mol. The standard InChI is InChI=1S/C18H35N3O7S/c1-25-11-13-27-9-6-16(22)19-8-4-3-5-15(18(24)21-29)20-17(23)7-10-28-14-12-26-2/h15,29H,3-14H2,1-2H3,(H,19,22)(H,20,23)(H,21,24). The second-order valence-corrected chi connectivity index (χ2v) is 6.38. The van der Waals surface area contributed by atoms with Crippen LogP contribution < -0.4 is 15.4 Å². The number of carbonyl (C=O) groups excluding carboxylic acids is 3. The van der Waals surface area contributed by atoms with Gasteiger partial charge in [0.2, 0.25) is 11.8 Å². The maximum absolute atomic E-state index is 11.9. The van der Waals surface area contributed by atoms with Gasteiger partial charge in [-0.15, -0.1) is 0 Å². The second-order valence-electron chi connectivity index (χ2n) is 6.15. The molecule has 0 aliphatic heterocycles. The monoisotopic (exact) mass is 437 g/mol. The zero-order valence-corrected chi connectivity index (χ0v) is 18.3. The van der Waals surface area contributed by atoms with Crippen molar-refractivity contribution < 1.29 is 33.3 Å². The van der Waals surface area contributed by atoms with Gasteiger partial charge in [0.1, 0.15) is 6.04 Å². The highest BCUT2D eigenvalue weighted by molar-refractivity contribution is 7.78. The summed E-state index contributed by atoms with van der Waals surface area (Å²) in [6, 6.07) is -0.677. The van der Waals surface area contributed by atoms with Crippen LogP contribution in [0, 0.1) is 0 Å². The lowest BCUT2D eigenvalue weighted by Gasteiger charge is -2.17. The number of ether oxygens (including phenoxy) is 4. The van der Waals surface area contributed by atoms with E-state index in [1.165, 1.54) is 0 Å². The SMILES string of the molecule is COCCOCCC(=O)NCCCCC(NC(=O)CCOCCOC)C(=O)NS. The fourth-order valence-electron chi connectivity index (χ4n) is 2.22. The van der Waals surface area contributed by atoms with Crippen molar-refractivity contribution in [2.45, 2.75) is 38.1 Å². The topological polar surface area (TPSA) is 124 Å². The van der Waals surface area contributed by atoms with Crippen LogP contribution in [0.4, 0.5) is 0 Å². The third-order valence-electron chi connectivity index (χ3n) is 3.81. The van der Waals surface area contributed by atoms with Crippen LogP contribution in [-0.2, 0) is 33.3 Å². The van der Waals surface area contributed by atoms with Gasteiger partial charge < -0.3 is 34.3 Å². The molecule has 10 nitrogen and oxygen atoms in total. The van der Waals surface area contributed by atoms with E-state index in [0.29, 0.717) is 58.8 Å². The lowest BCUT2D eigenvalue weighted by molar-refractivity contribution is -0.128. The fraction of sp³-hybridized carbons (Fsp3) is 0.833. The molecule has 0 saturated heterocycles. The quantitative estimate of drug-likeness (QED) is 0.163. The molecule has 0 aromatic heterocycles. The first-order valence-electron chi connectivity index (χ1n) is 9.68. The first-order valence-corrected chi connectivity index (χ1v) is 10.1. The van der Waals surface area contributed by atoms with Crippen LogP contribution in [0.3, 0.4) is 0 Å². The minimum Gasteiger partial charge on any atom is -0.382 e. The summed E-state index contributed by atoms with van der Waals surface area (Å²) in [5.74, 6) is -0.737. The van der Waals surface area contributed by atoms with Crippen molar-refractivity contribution in [2.24, 2.45) is 0 Å². The summed E-state index contributed by atoms with van der Waals surface area (Å²) in [4.78, 5) is 35.5. The van der Waals surface area contributed by atoms with E-state index in [-0.39, 0.29) is 37.2 Å². The van der Waals surface area contributed by atoms with Crippen molar-refractivity contribution in [1.29, 1.82) is 0 Å². The number of methoxy groups -OCH3 is 2. The molecule has 0 heterocycles. The molecule has 11 heteroatoms. The van der Waals surface area contributed by atoms with Gasteiger partial charge in [-0.3, -0.25) is 14.4 Å². The normalized spacial score (nSPS) is 11.7. The van der Waals surface area contributed by atoms with Gasteiger partial charge in [0.25, 0.3) is 5.91 Å². The molecular formula is C18H35N3O7S. The Labute approximate surface area is 178 Å². The number of amides is 3. The van der Waals surface area contributed by atoms with Crippen LogP contribution in [0.25, 0.3) is 0 Å². The Hall–Kier alpha value is -1.40. The Bertz CT molecular complexity index is 455. The predicted octanol–water partition coefficient (Wildman–Crippen LogP) is -0.175. The number of nitrogens with one attached hydrogen (secondary N) is 3. The molecule has 0 bridgehead atoms. The van der Waals surface area contributed by atoms with Crippen molar-refractivity contribution in [3.05, 3.63) is 0 Å². The Morgan fingerprint density at radius 1 is 0.828 bits per heavy atom. The van der Waals surface area contributed by atoms with Gasteiger partial charge in [0, 0.05) is 33.6 Å². The first kappa shape index (κ1) is 27.6. The van der Waals surface area contributed by atoms with Gasteiger partial charge in [-0.05, 0) is 19.3 Å². The highest BCUT2D eigenvalue weighted by Gasteiger charge is 2.19. The van der Waals surface area contributed by atoms with E-state index in [9.17, 15) is 14.4 Å². The molecule has 0 aliphatic carbocycles. The summed E-state index contributed by atoms with van der Waals surface area (Å²) in [6.07, 6.45) is 2.22. The molecule has 1 atom stereocenters. The number of rotatable bonds is 19. The van der Waals surface area contributed by atoms with Crippen molar-refractivity contribution in [2.75, 3.05) is 60.4 Å². The van der Waals surface area contributed by atoms with Crippen LogP contribution in [0.5, 0.6) is 0 Å². The lowest BCUT2D eigenvalue weighted by atomic mass is 10.1. The zero-order chi connectivity index (χ0) is 21.7. The molecule has 3 amide bonds. The summed E-state index contributed by atoms with van der Waals surface area (Å²) in [5, 5.41) is 5.47. The molecule has 0 aromatic rings. The van der Waals surface area contributed by atoms with E-state index >= 15 is 0 Å². The van der Waals surface area contributed by atoms with Crippen molar-refractivity contribution in [1.82, 2.24) is 15.4 Å². The highest BCUT2D eigenvalue weighted by atomic mass is 32.1. The van der Waals surface area contributed by atoms with Crippen molar-refractivity contribution in [3.8, 4) is 0 Å². The minimum atomic E-state index is -0.677. The number of unbranched alkanes of at least 4 members (excludes halogenated alkanes) is 1. The molecule has 1 unspecified atom stereocenters. The van der Waals surface area contributed by atoms with Gasteiger partial charge in [0.15, 0.2) is 0 Å². The Morgan fingerprint density at radius 3 is 1.97 bits per heavy atom. The summed E-state index contributed by atoms with van der Waals surface area (Å²) in [6.45, 7) is 2.93. The average molecular weight is 438 g/mol. The smallest absolute Gasteiger partial charge is 0.252 e. The number of hydrogen-bond donors (Lipinski definition) is 4. The van der Waals surface area contributed by atoms with Gasteiger partial charge in [0.05, 0.1) is 39.6 Å². The lowest BCUT2D eigenvalue weighted by Crippen LogP contribution is -2.44. The predicted molar refractivity (Wildman–Crippen MR) is 111 cm³/mol. The molecule has 0 aliphatic rings. The van der Waals surface area contributed by atoms with Crippen molar-refractivity contribution >= 4 is 30.5 Å². The van der Waals surface area contributed by atoms with E-state index in [1.807, 2.05) is 0 Å². The molecule has 0 fully saturated rings. The number of carbonyl (C=O) groups is 3. The highest BCUT2D eigenvalue weighted by Crippen LogP contribution is 2.02. The number of thiol groups is 1. The van der Waals surface area contributed by atoms with Crippen LogP contribution in [0.2, 0.25) is 0 Å². The Morgan fingerprint density at radius 2 is 1.41 bits per heavy atom. The second kappa shape index (κ2) is 19.9. The summed E-state index contributed by atoms with van der Waals surface area (Å²) in [5.41, 5.74) is 0. The average Bonchev–Trinajstić information content (AvgIpc) is 2.71. The van der Waals surface area contributed by atoms with E-state index in [0.717, 1.165) is 0 Å². The zero-order valence-electron chi connectivity index (χ0n) is 17.4. The fourth-order valence-corrected chi connectivity index (χ4v) is 2.38. The van der Waals surface area contributed by atoms with Crippen molar-refractivity contribution in [3.63, 3.8) is 0 Å². The number of hydrogen-bond acceptors (Lipinski definition) is 8. The minimum absolute atomic E-state index is 0.0890. The van der Waals surface area contributed by atoms with Gasteiger partial charge in [-0.25, -0.2) is 0 Å². The molecule has 0 aromatic carbocycles. The van der Waals surface area contributed by atoms with Crippen LogP contribution in [0.15, 0.2) is 0 Å². The maximum Gasteiger partial charge on any atom is 0.252 e. The molecule has 3 N–H and O–H groups in total. The molecule has 0 saturated carbocycles. The first-order chi connectivity index (χ1) is 14.0.